The van der Waals surface area contributed by atoms with Crippen LogP contribution in [0.1, 0.15) is 64.4 Å². The van der Waals surface area contributed by atoms with Crippen molar-refractivity contribution in [2.45, 2.75) is 64.9 Å². The lowest BCUT2D eigenvalue weighted by molar-refractivity contribution is -0.123. The number of phenols is 1. The van der Waals surface area contributed by atoms with E-state index in [9.17, 15) is 24.9 Å². The zero-order valence-electron chi connectivity index (χ0n) is 26.5. The van der Waals surface area contributed by atoms with Crippen LogP contribution in [0.3, 0.4) is 0 Å². The molecule has 242 valence electrons. The molecule has 8 heteroatoms. The van der Waals surface area contributed by atoms with Crippen LogP contribution in [0.4, 0.5) is 17.1 Å². The van der Waals surface area contributed by atoms with Crippen molar-refractivity contribution < 1.29 is 24.9 Å². The fraction of sp³-hybridized carbons (Fsp3) is 0.368. The van der Waals surface area contributed by atoms with Gasteiger partial charge in [0.05, 0.1) is 35.3 Å². The topological polar surface area (TPSA) is 110 Å². The molecule has 0 bridgehead atoms. The van der Waals surface area contributed by atoms with Crippen LogP contribution in [0.2, 0.25) is 5.02 Å². The quantitative estimate of drug-likeness (QED) is 0.111. The number of fused-ring (bicyclic) bond motifs is 1. The molecule has 2 aliphatic rings. The number of anilines is 3. The van der Waals surface area contributed by atoms with E-state index in [2.05, 4.69) is 19.2 Å². The lowest BCUT2D eigenvalue weighted by Gasteiger charge is -2.36. The smallest absolute Gasteiger partial charge is 0.238 e. The first kappa shape index (κ1) is 33.5. The Kier molecular flexibility index (Phi) is 11.0. The largest absolute Gasteiger partial charge is 0.508 e. The molecule has 3 aromatic carbocycles. The number of hydrogen-bond donors (Lipinski definition) is 4. The molecular formula is C38H43ClN2O5. The Balaban J connectivity index is 1.36. The lowest BCUT2D eigenvalue weighted by Crippen LogP contribution is -2.39. The van der Waals surface area contributed by atoms with Gasteiger partial charge in [0.15, 0.2) is 0 Å². The normalized spacial score (nSPS) is 20.7. The van der Waals surface area contributed by atoms with Crippen molar-refractivity contribution in [3.63, 3.8) is 0 Å². The SMILES string of the molecule is CCCC1=C([C@H](O)CC/C(=C/c2ccc(O)cc2Cl)CCC)[C@H](CO)[C@@H]2C(=O)N(c3ccc(Nc4ccccc4)cc3)C(=O)[C@@H]2C1. The Morgan fingerprint density at radius 2 is 1.70 bits per heavy atom. The van der Waals surface area contributed by atoms with Crippen molar-refractivity contribution in [2.24, 2.45) is 17.8 Å². The van der Waals surface area contributed by atoms with Gasteiger partial charge < -0.3 is 20.6 Å². The summed E-state index contributed by atoms with van der Waals surface area (Å²) in [5, 5.41) is 35.9. The second kappa shape index (κ2) is 15.1. The van der Waals surface area contributed by atoms with E-state index in [-0.39, 0.29) is 24.2 Å². The Hall–Kier alpha value is -3.91. The number of hydrogen-bond acceptors (Lipinski definition) is 6. The number of nitrogens with one attached hydrogen (secondary N) is 1. The first-order valence-electron chi connectivity index (χ1n) is 16.2. The van der Waals surface area contributed by atoms with Gasteiger partial charge in [-0.3, -0.25) is 14.5 Å². The molecule has 0 radical (unpaired) electrons. The number of allylic oxidation sites excluding steroid dienone is 2. The number of aliphatic hydroxyl groups excluding tert-OH is 2. The molecule has 1 heterocycles. The van der Waals surface area contributed by atoms with Gasteiger partial charge in [-0.25, -0.2) is 0 Å². The summed E-state index contributed by atoms with van der Waals surface area (Å²) in [6.45, 7) is 3.82. The highest BCUT2D eigenvalue weighted by molar-refractivity contribution is 6.32. The number of phenolic OH excluding ortho intramolecular Hbond substituents is 1. The maximum Gasteiger partial charge on any atom is 0.238 e. The fourth-order valence-electron chi connectivity index (χ4n) is 7.06. The van der Waals surface area contributed by atoms with Crippen LogP contribution < -0.4 is 10.2 Å². The highest BCUT2D eigenvalue weighted by Gasteiger charge is 2.55. The summed E-state index contributed by atoms with van der Waals surface area (Å²) in [4.78, 5) is 29.1. The van der Waals surface area contributed by atoms with Gasteiger partial charge in [-0.05, 0) is 97.8 Å². The first-order valence-corrected chi connectivity index (χ1v) is 16.6. The monoisotopic (exact) mass is 642 g/mol. The third kappa shape index (κ3) is 7.22. The number of para-hydroxylation sites is 1. The third-order valence-corrected chi connectivity index (χ3v) is 9.46. The molecule has 0 spiro atoms. The molecule has 7 nitrogen and oxygen atoms in total. The molecule has 46 heavy (non-hydrogen) atoms. The van der Waals surface area contributed by atoms with E-state index in [0.717, 1.165) is 52.9 Å². The summed E-state index contributed by atoms with van der Waals surface area (Å²) < 4.78 is 0. The number of aliphatic hydroxyl groups is 2. The van der Waals surface area contributed by atoms with Crippen LogP contribution in [0.25, 0.3) is 6.08 Å². The Labute approximate surface area is 276 Å². The molecule has 1 fully saturated rings. The van der Waals surface area contributed by atoms with Gasteiger partial charge in [-0.1, -0.05) is 73.7 Å². The average molecular weight is 643 g/mol. The maximum atomic E-state index is 14.0. The number of halogens is 1. The zero-order chi connectivity index (χ0) is 32.8. The minimum atomic E-state index is -0.865. The summed E-state index contributed by atoms with van der Waals surface area (Å²) in [5.74, 6) is -2.42. The second-order valence-corrected chi connectivity index (χ2v) is 12.7. The molecule has 1 aliphatic heterocycles. The number of amides is 2. The summed E-state index contributed by atoms with van der Waals surface area (Å²) in [7, 11) is 0. The number of carbonyl (C=O) groups is 2. The standard InChI is InChI=1S/C38H43ClN2O5/c1-3-8-24(20-25-13-18-30(43)22-33(25)39)12-19-34(44)35-26(9-4-2)21-31-36(32(35)23-42)38(46)41(37(31)45)29-16-14-28(15-17-29)40-27-10-6-5-7-11-27/h5-7,10-11,13-18,20,22,31-32,34,36,40,42-44H,3-4,8-9,12,19,21,23H2,1-2H3/b24-20+/t31-,32+,34-,36-/m1/s1. The van der Waals surface area contributed by atoms with E-state index in [1.165, 1.54) is 11.0 Å². The molecule has 2 amide bonds. The fourth-order valence-corrected chi connectivity index (χ4v) is 7.28. The van der Waals surface area contributed by atoms with E-state index in [4.69, 9.17) is 11.6 Å². The average Bonchev–Trinajstić information content (AvgIpc) is 3.30. The molecule has 4 N–H and O–H groups in total. The molecule has 4 atom stereocenters. The summed E-state index contributed by atoms with van der Waals surface area (Å²) in [6.07, 6.45) is 5.81. The molecular weight excluding hydrogens is 600 g/mol. The number of nitrogens with zero attached hydrogens (tertiary/aromatic N) is 1. The van der Waals surface area contributed by atoms with Crippen LogP contribution in [-0.2, 0) is 9.59 Å². The van der Waals surface area contributed by atoms with Gasteiger partial charge in [0.2, 0.25) is 11.8 Å². The van der Waals surface area contributed by atoms with Gasteiger partial charge in [0.1, 0.15) is 5.75 Å². The van der Waals surface area contributed by atoms with Crippen molar-refractivity contribution in [3.8, 4) is 5.75 Å². The minimum absolute atomic E-state index is 0.103. The Morgan fingerprint density at radius 3 is 2.35 bits per heavy atom. The first-order chi connectivity index (χ1) is 22.2. The molecule has 0 aromatic heterocycles. The minimum Gasteiger partial charge on any atom is -0.508 e. The van der Waals surface area contributed by atoms with Gasteiger partial charge in [-0.2, -0.15) is 0 Å². The zero-order valence-corrected chi connectivity index (χ0v) is 27.2. The summed E-state index contributed by atoms with van der Waals surface area (Å²) in [5.41, 5.74) is 5.88. The van der Waals surface area contributed by atoms with Crippen LogP contribution in [0.15, 0.2) is 89.5 Å². The molecule has 0 saturated carbocycles. The predicted octanol–water partition coefficient (Wildman–Crippen LogP) is 8.03. The number of benzene rings is 3. The number of rotatable bonds is 13. The van der Waals surface area contributed by atoms with Gasteiger partial charge >= 0.3 is 0 Å². The molecule has 5 rings (SSSR count). The highest BCUT2D eigenvalue weighted by atomic mass is 35.5. The van der Waals surface area contributed by atoms with Crippen LogP contribution >= 0.6 is 11.6 Å². The maximum absolute atomic E-state index is 14.0. The van der Waals surface area contributed by atoms with Crippen molar-refractivity contribution >= 4 is 46.6 Å². The third-order valence-electron chi connectivity index (χ3n) is 9.13. The Bertz CT molecular complexity index is 1600. The van der Waals surface area contributed by atoms with E-state index >= 15 is 0 Å². The second-order valence-electron chi connectivity index (χ2n) is 12.3. The number of imide groups is 1. The van der Waals surface area contributed by atoms with Crippen LogP contribution in [0, 0.1) is 17.8 Å². The van der Waals surface area contributed by atoms with E-state index in [1.54, 1.807) is 24.3 Å². The highest BCUT2D eigenvalue weighted by Crippen LogP contribution is 2.48. The number of aromatic hydroxyl groups is 1. The predicted molar refractivity (Wildman–Crippen MR) is 184 cm³/mol. The van der Waals surface area contributed by atoms with Crippen LogP contribution in [0.5, 0.6) is 5.75 Å². The van der Waals surface area contributed by atoms with Gasteiger partial charge in [0, 0.05) is 17.3 Å². The lowest BCUT2D eigenvalue weighted by atomic mass is 9.67. The van der Waals surface area contributed by atoms with E-state index in [1.807, 2.05) is 48.5 Å². The molecule has 1 saturated heterocycles. The van der Waals surface area contributed by atoms with Gasteiger partial charge in [-0.15, -0.1) is 0 Å². The van der Waals surface area contributed by atoms with Crippen LogP contribution in [-0.4, -0.2) is 39.8 Å². The molecule has 1 aliphatic carbocycles. The molecule has 3 aromatic rings. The summed E-state index contributed by atoms with van der Waals surface area (Å²) >= 11 is 6.37. The van der Waals surface area contributed by atoms with Crippen molar-refractivity contribution in [2.75, 3.05) is 16.8 Å². The van der Waals surface area contributed by atoms with Crippen molar-refractivity contribution in [3.05, 3.63) is 100 Å². The van der Waals surface area contributed by atoms with Crippen molar-refractivity contribution in [1.29, 1.82) is 0 Å². The number of carbonyl (C=O) groups excluding carboxylic acids is 2. The molecule has 0 unspecified atom stereocenters. The summed E-state index contributed by atoms with van der Waals surface area (Å²) in [6, 6.07) is 21.9. The Morgan fingerprint density at radius 1 is 0.978 bits per heavy atom. The van der Waals surface area contributed by atoms with Gasteiger partial charge in [0.25, 0.3) is 0 Å². The van der Waals surface area contributed by atoms with Crippen molar-refractivity contribution in [1.82, 2.24) is 0 Å². The van der Waals surface area contributed by atoms with E-state index in [0.29, 0.717) is 36.4 Å². The van der Waals surface area contributed by atoms with E-state index < -0.39 is 23.9 Å².